The van der Waals surface area contributed by atoms with E-state index in [2.05, 4.69) is 19.2 Å². The fourth-order valence-corrected chi connectivity index (χ4v) is 2.10. The Labute approximate surface area is 94.8 Å². The van der Waals surface area contributed by atoms with Crippen molar-refractivity contribution in [2.75, 3.05) is 13.2 Å². The van der Waals surface area contributed by atoms with Gasteiger partial charge in [-0.3, -0.25) is 0 Å². The Morgan fingerprint density at radius 1 is 1.13 bits per heavy atom. The van der Waals surface area contributed by atoms with Crippen LogP contribution in [0.2, 0.25) is 0 Å². The van der Waals surface area contributed by atoms with Crippen molar-refractivity contribution in [3.05, 3.63) is 0 Å². The number of unbranched alkanes of at least 4 members (excludes halogenated alkanes) is 1. The molecule has 1 rings (SSSR count). The summed E-state index contributed by atoms with van der Waals surface area (Å²) in [6.45, 7) is 6.48. The molecule has 0 aromatic heterocycles. The number of rotatable bonds is 7. The van der Waals surface area contributed by atoms with E-state index in [9.17, 15) is 0 Å². The topological polar surface area (TPSA) is 21.3 Å². The largest absolute Gasteiger partial charge is 0.378 e. The highest BCUT2D eigenvalue weighted by Gasteiger charge is 2.12. The summed E-state index contributed by atoms with van der Waals surface area (Å²) in [6.07, 6.45) is 9.78. The zero-order valence-corrected chi connectivity index (χ0v) is 10.4. The molecule has 0 aromatic carbocycles. The maximum absolute atomic E-state index is 5.86. The molecule has 1 aliphatic carbocycles. The van der Waals surface area contributed by atoms with Gasteiger partial charge in [0.05, 0.1) is 6.10 Å². The third-order valence-electron chi connectivity index (χ3n) is 3.03. The van der Waals surface area contributed by atoms with Gasteiger partial charge in [0.25, 0.3) is 0 Å². The standard InChI is InChI=1S/C13H27NO/c1-12(2)14-10-6-7-11-15-13-8-4-3-5-9-13/h12-14H,3-11H2,1-2H3. The van der Waals surface area contributed by atoms with Crippen LogP contribution in [-0.2, 0) is 4.74 Å². The molecule has 2 heteroatoms. The van der Waals surface area contributed by atoms with Crippen LogP contribution in [0.15, 0.2) is 0 Å². The van der Waals surface area contributed by atoms with Gasteiger partial charge in [0.2, 0.25) is 0 Å². The van der Waals surface area contributed by atoms with E-state index >= 15 is 0 Å². The number of ether oxygens (including phenoxy) is 1. The molecule has 1 fully saturated rings. The highest BCUT2D eigenvalue weighted by atomic mass is 16.5. The molecule has 0 bridgehead atoms. The van der Waals surface area contributed by atoms with Crippen LogP contribution in [0.5, 0.6) is 0 Å². The van der Waals surface area contributed by atoms with Gasteiger partial charge in [-0.1, -0.05) is 33.1 Å². The van der Waals surface area contributed by atoms with Crippen molar-refractivity contribution >= 4 is 0 Å². The lowest BCUT2D eigenvalue weighted by Gasteiger charge is -2.21. The average Bonchev–Trinajstić information content (AvgIpc) is 2.24. The molecule has 0 aliphatic heterocycles. The Bertz CT molecular complexity index is 141. The van der Waals surface area contributed by atoms with Crippen LogP contribution in [0.1, 0.15) is 58.8 Å². The van der Waals surface area contributed by atoms with Crippen molar-refractivity contribution in [2.45, 2.75) is 70.9 Å². The monoisotopic (exact) mass is 213 g/mol. The van der Waals surface area contributed by atoms with Gasteiger partial charge in [-0.15, -0.1) is 0 Å². The van der Waals surface area contributed by atoms with Crippen molar-refractivity contribution in [2.24, 2.45) is 0 Å². The molecule has 0 unspecified atom stereocenters. The van der Waals surface area contributed by atoms with Crippen LogP contribution >= 0.6 is 0 Å². The predicted octanol–water partition coefficient (Wildman–Crippen LogP) is 3.11. The normalized spacial score (nSPS) is 18.6. The summed E-state index contributed by atoms with van der Waals surface area (Å²) in [5, 5.41) is 3.43. The Morgan fingerprint density at radius 2 is 1.87 bits per heavy atom. The quantitative estimate of drug-likeness (QED) is 0.656. The van der Waals surface area contributed by atoms with E-state index in [0.717, 1.165) is 13.2 Å². The third kappa shape index (κ3) is 6.91. The highest BCUT2D eigenvalue weighted by molar-refractivity contribution is 4.65. The van der Waals surface area contributed by atoms with Crippen LogP contribution in [0.25, 0.3) is 0 Å². The molecular formula is C13H27NO. The van der Waals surface area contributed by atoms with E-state index < -0.39 is 0 Å². The molecule has 15 heavy (non-hydrogen) atoms. The smallest absolute Gasteiger partial charge is 0.0575 e. The summed E-state index contributed by atoms with van der Waals surface area (Å²) in [5.74, 6) is 0. The second-order valence-electron chi connectivity index (χ2n) is 4.95. The lowest BCUT2D eigenvalue weighted by molar-refractivity contribution is 0.0265. The Kier molecular flexibility index (Phi) is 7.03. The molecule has 1 N–H and O–H groups in total. The van der Waals surface area contributed by atoms with Crippen molar-refractivity contribution in [3.8, 4) is 0 Å². The first-order valence-corrected chi connectivity index (χ1v) is 6.64. The predicted molar refractivity (Wildman–Crippen MR) is 65.2 cm³/mol. The Hall–Kier alpha value is -0.0800. The van der Waals surface area contributed by atoms with Gasteiger partial charge < -0.3 is 10.1 Å². The van der Waals surface area contributed by atoms with E-state index in [1.807, 2.05) is 0 Å². The Morgan fingerprint density at radius 3 is 2.53 bits per heavy atom. The molecule has 1 saturated carbocycles. The molecule has 0 spiro atoms. The van der Waals surface area contributed by atoms with Gasteiger partial charge in [0.1, 0.15) is 0 Å². The molecule has 2 nitrogen and oxygen atoms in total. The maximum atomic E-state index is 5.86. The maximum Gasteiger partial charge on any atom is 0.0575 e. The first kappa shape index (κ1) is 13.0. The lowest BCUT2D eigenvalue weighted by atomic mass is 9.98. The lowest BCUT2D eigenvalue weighted by Crippen LogP contribution is -2.24. The second kappa shape index (κ2) is 8.12. The molecule has 1 aliphatic rings. The van der Waals surface area contributed by atoms with Crippen molar-refractivity contribution in [3.63, 3.8) is 0 Å². The van der Waals surface area contributed by atoms with Gasteiger partial charge in [0, 0.05) is 12.6 Å². The molecular weight excluding hydrogens is 186 g/mol. The molecule has 90 valence electrons. The van der Waals surface area contributed by atoms with E-state index in [1.54, 1.807) is 0 Å². The summed E-state index contributed by atoms with van der Waals surface area (Å²) >= 11 is 0. The summed E-state index contributed by atoms with van der Waals surface area (Å²) in [7, 11) is 0. The van der Waals surface area contributed by atoms with Crippen molar-refractivity contribution < 1.29 is 4.74 Å². The molecule has 0 heterocycles. The van der Waals surface area contributed by atoms with Crippen molar-refractivity contribution in [1.29, 1.82) is 0 Å². The summed E-state index contributed by atoms with van der Waals surface area (Å²) < 4.78 is 5.86. The number of nitrogens with one attached hydrogen (secondary N) is 1. The van der Waals surface area contributed by atoms with Gasteiger partial charge in [0.15, 0.2) is 0 Å². The van der Waals surface area contributed by atoms with Gasteiger partial charge in [-0.05, 0) is 32.2 Å². The van der Waals surface area contributed by atoms with Crippen LogP contribution < -0.4 is 5.32 Å². The zero-order chi connectivity index (χ0) is 10.9. The second-order valence-corrected chi connectivity index (χ2v) is 4.95. The van der Waals surface area contributed by atoms with Gasteiger partial charge >= 0.3 is 0 Å². The van der Waals surface area contributed by atoms with E-state index in [-0.39, 0.29) is 0 Å². The van der Waals surface area contributed by atoms with Crippen molar-refractivity contribution in [1.82, 2.24) is 5.32 Å². The third-order valence-corrected chi connectivity index (χ3v) is 3.03. The number of hydrogen-bond acceptors (Lipinski definition) is 2. The molecule has 0 atom stereocenters. The Balaban J connectivity index is 1.83. The van der Waals surface area contributed by atoms with Crippen LogP contribution in [0, 0.1) is 0 Å². The zero-order valence-electron chi connectivity index (χ0n) is 10.4. The first-order chi connectivity index (χ1) is 7.29. The fraction of sp³-hybridized carbons (Fsp3) is 1.00. The summed E-state index contributed by atoms with van der Waals surface area (Å²) in [6, 6.07) is 0.615. The van der Waals surface area contributed by atoms with E-state index in [1.165, 1.54) is 44.9 Å². The van der Waals surface area contributed by atoms with Gasteiger partial charge in [-0.2, -0.15) is 0 Å². The summed E-state index contributed by atoms with van der Waals surface area (Å²) in [4.78, 5) is 0. The molecule has 0 amide bonds. The van der Waals surface area contributed by atoms with Gasteiger partial charge in [-0.25, -0.2) is 0 Å². The minimum atomic E-state index is 0.580. The van der Waals surface area contributed by atoms with Crippen LogP contribution in [0.3, 0.4) is 0 Å². The van der Waals surface area contributed by atoms with Crippen LogP contribution in [0.4, 0.5) is 0 Å². The van der Waals surface area contributed by atoms with E-state index in [0.29, 0.717) is 12.1 Å². The van der Waals surface area contributed by atoms with Crippen LogP contribution in [-0.4, -0.2) is 25.3 Å². The average molecular weight is 213 g/mol. The highest BCUT2D eigenvalue weighted by Crippen LogP contribution is 2.20. The first-order valence-electron chi connectivity index (χ1n) is 6.64. The summed E-state index contributed by atoms with van der Waals surface area (Å²) in [5.41, 5.74) is 0. The minimum Gasteiger partial charge on any atom is -0.378 e. The number of hydrogen-bond donors (Lipinski definition) is 1. The molecule has 0 radical (unpaired) electrons. The fourth-order valence-electron chi connectivity index (χ4n) is 2.10. The van der Waals surface area contributed by atoms with E-state index in [4.69, 9.17) is 4.74 Å². The minimum absolute atomic E-state index is 0.580. The SMILES string of the molecule is CC(C)NCCCCOC1CCCCC1. The molecule has 0 aromatic rings. The molecule has 0 saturated heterocycles.